The quantitative estimate of drug-likeness (QED) is 0.781. The highest BCUT2D eigenvalue weighted by Gasteiger charge is 2.57. The van der Waals surface area contributed by atoms with Gasteiger partial charge in [0.05, 0.1) is 25.3 Å². The normalized spacial score (nSPS) is 24.1. The van der Waals surface area contributed by atoms with Crippen LogP contribution in [0.2, 0.25) is 0 Å². The van der Waals surface area contributed by atoms with Crippen LogP contribution >= 0.6 is 0 Å². The molecule has 4 rings (SSSR count). The molecular formula is C21H25F2N3O2. The van der Waals surface area contributed by atoms with Crippen LogP contribution in [-0.2, 0) is 0 Å². The molecule has 2 heterocycles. The molecule has 1 aliphatic heterocycles. The van der Waals surface area contributed by atoms with Gasteiger partial charge in [0.1, 0.15) is 23.4 Å². The standard InChI is InChI=1S/C21H25F2N3O2/c1-14(24)15-2-4-17(5-3-15)28-19-8-9-26(12-19)20-7-6-18(11-25-20)27-13-16-10-21(16,22)23/h2-7,11,14,16,19H,8-10,12-13,24H2,1H3/t14-,16+,19?/m0/s1. The van der Waals surface area contributed by atoms with E-state index in [2.05, 4.69) is 9.88 Å². The molecule has 1 aliphatic carbocycles. The van der Waals surface area contributed by atoms with Crippen molar-refractivity contribution in [2.45, 2.75) is 37.8 Å². The molecule has 7 heteroatoms. The third-order valence-electron chi connectivity index (χ3n) is 5.31. The Hall–Kier alpha value is -2.41. The Kier molecular flexibility index (Phi) is 5.10. The van der Waals surface area contributed by atoms with Crippen LogP contribution in [0, 0.1) is 5.92 Å². The number of nitrogens with two attached hydrogens (primary N) is 1. The molecule has 1 aromatic carbocycles. The summed E-state index contributed by atoms with van der Waals surface area (Å²) >= 11 is 0. The van der Waals surface area contributed by atoms with Gasteiger partial charge in [0, 0.05) is 25.4 Å². The van der Waals surface area contributed by atoms with Crippen molar-refractivity contribution in [1.82, 2.24) is 4.98 Å². The van der Waals surface area contributed by atoms with Gasteiger partial charge in [-0.15, -0.1) is 0 Å². The van der Waals surface area contributed by atoms with Crippen molar-refractivity contribution in [2.75, 3.05) is 24.6 Å². The van der Waals surface area contributed by atoms with Gasteiger partial charge in [0.25, 0.3) is 5.92 Å². The maximum Gasteiger partial charge on any atom is 0.255 e. The van der Waals surface area contributed by atoms with Gasteiger partial charge in [0.2, 0.25) is 0 Å². The maximum atomic E-state index is 12.9. The first-order valence-corrected chi connectivity index (χ1v) is 9.64. The van der Waals surface area contributed by atoms with Crippen LogP contribution in [0.5, 0.6) is 11.5 Å². The number of pyridine rings is 1. The first kappa shape index (κ1) is 18.9. The summed E-state index contributed by atoms with van der Waals surface area (Å²) in [4.78, 5) is 6.56. The number of ether oxygens (including phenoxy) is 2. The lowest BCUT2D eigenvalue weighted by Crippen LogP contribution is -2.25. The molecule has 2 aromatic rings. The number of hydrogen-bond donors (Lipinski definition) is 1. The average molecular weight is 389 g/mol. The monoisotopic (exact) mass is 389 g/mol. The van der Waals surface area contributed by atoms with E-state index >= 15 is 0 Å². The highest BCUT2D eigenvalue weighted by atomic mass is 19.3. The number of alkyl halides is 2. The largest absolute Gasteiger partial charge is 0.491 e. The Labute approximate surface area is 163 Å². The van der Waals surface area contributed by atoms with Crippen molar-refractivity contribution in [3.63, 3.8) is 0 Å². The zero-order chi connectivity index (χ0) is 19.7. The van der Waals surface area contributed by atoms with Gasteiger partial charge >= 0.3 is 0 Å². The van der Waals surface area contributed by atoms with Crippen molar-refractivity contribution in [3.8, 4) is 11.5 Å². The predicted molar refractivity (Wildman–Crippen MR) is 103 cm³/mol. The number of benzene rings is 1. The molecule has 1 unspecified atom stereocenters. The van der Waals surface area contributed by atoms with Crippen molar-refractivity contribution < 1.29 is 18.3 Å². The lowest BCUT2D eigenvalue weighted by Gasteiger charge is -2.18. The SMILES string of the molecule is C[C@H](N)c1ccc(OC2CCN(c3ccc(OC[C@H]4CC4(F)F)cn3)C2)cc1. The molecule has 2 N–H and O–H groups in total. The van der Waals surface area contributed by atoms with E-state index in [9.17, 15) is 8.78 Å². The van der Waals surface area contributed by atoms with Gasteiger partial charge in [0.15, 0.2) is 0 Å². The molecule has 3 atom stereocenters. The van der Waals surface area contributed by atoms with Crippen LogP contribution in [0.4, 0.5) is 14.6 Å². The number of aromatic nitrogens is 1. The molecule has 2 aliphatic rings. The molecule has 0 bridgehead atoms. The molecule has 28 heavy (non-hydrogen) atoms. The number of nitrogens with zero attached hydrogens (tertiary/aromatic N) is 2. The molecule has 2 fully saturated rings. The van der Waals surface area contributed by atoms with Gasteiger partial charge in [-0.05, 0) is 36.8 Å². The van der Waals surface area contributed by atoms with Crippen LogP contribution in [0.1, 0.15) is 31.4 Å². The Morgan fingerprint density at radius 2 is 1.93 bits per heavy atom. The van der Waals surface area contributed by atoms with Crippen LogP contribution < -0.4 is 20.1 Å². The van der Waals surface area contributed by atoms with Crippen LogP contribution in [0.25, 0.3) is 0 Å². The van der Waals surface area contributed by atoms with E-state index in [1.165, 1.54) is 0 Å². The molecule has 150 valence electrons. The van der Waals surface area contributed by atoms with Crippen molar-refractivity contribution in [1.29, 1.82) is 0 Å². The van der Waals surface area contributed by atoms with Gasteiger partial charge in [-0.25, -0.2) is 13.8 Å². The second kappa shape index (κ2) is 7.54. The van der Waals surface area contributed by atoms with Crippen LogP contribution in [0.3, 0.4) is 0 Å². The van der Waals surface area contributed by atoms with Gasteiger partial charge in [-0.2, -0.15) is 0 Å². The zero-order valence-electron chi connectivity index (χ0n) is 15.9. The Bertz CT molecular complexity index is 796. The molecule has 0 spiro atoms. The van der Waals surface area contributed by atoms with E-state index in [0.29, 0.717) is 5.75 Å². The molecular weight excluding hydrogens is 364 g/mol. The van der Waals surface area contributed by atoms with Gasteiger partial charge in [-0.1, -0.05) is 12.1 Å². The molecule has 1 saturated carbocycles. The summed E-state index contributed by atoms with van der Waals surface area (Å²) in [5, 5.41) is 0. The fourth-order valence-electron chi connectivity index (χ4n) is 3.37. The number of rotatable bonds is 7. The lowest BCUT2D eigenvalue weighted by atomic mass is 10.1. The predicted octanol–water partition coefficient (Wildman–Crippen LogP) is 3.79. The van der Waals surface area contributed by atoms with E-state index in [1.54, 1.807) is 12.3 Å². The first-order chi connectivity index (χ1) is 13.4. The number of hydrogen-bond acceptors (Lipinski definition) is 5. The second-order valence-corrected chi connectivity index (χ2v) is 7.66. The summed E-state index contributed by atoms with van der Waals surface area (Å²) in [6.07, 6.45) is 2.51. The zero-order valence-corrected chi connectivity index (χ0v) is 15.9. The highest BCUT2D eigenvalue weighted by molar-refractivity contribution is 5.42. The highest BCUT2D eigenvalue weighted by Crippen LogP contribution is 2.48. The van der Waals surface area contributed by atoms with E-state index in [4.69, 9.17) is 15.2 Å². The number of anilines is 1. The Balaban J connectivity index is 1.27. The summed E-state index contributed by atoms with van der Waals surface area (Å²) in [5.74, 6) is -1.02. The summed E-state index contributed by atoms with van der Waals surface area (Å²) < 4.78 is 37.3. The van der Waals surface area contributed by atoms with Crippen molar-refractivity contribution >= 4 is 5.82 Å². The van der Waals surface area contributed by atoms with Gasteiger partial charge < -0.3 is 20.1 Å². The van der Waals surface area contributed by atoms with Crippen LogP contribution in [-0.4, -0.2) is 36.7 Å². The third kappa shape index (κ3) is 4.35. The smallest absolute Gasteiger partial charge is 0.255 e. The van der Waals surface area contributed by atoms with E-state index in [-0.39, 0.29) is 25.2 Å². The fourth-order valence-corrected chi connectivity index (χ4v) is 3.37. The number of halogens is 2. The average Bonchev–Trinajstić information content (AvgIpc) is 3.06. The third-order valence-corrected chi connectivity index (χ3v) is 5.31. The van der Waals surface area contributed by atoms with E-state index < -0.39 is 11.8 Å². The molecule has 1 aromatic heterocycles. The van der Waals surface area contributed by atoms with Crippen LogP contribution in [0.15, 0.2) is 42.6 Å². The fraction of sp³-hybridized carbons (Fsp3) is 0.476. The van der Waals surface area contributed by atoms with Crippen molar-refractivity contribution in [3.05, 3.63) is 48.2 Å². The molecule has 5 nitrogen and oxygen atoms in total. The summed E-state index contributed by atoms with van der Waals surface area (Å²) in [5.41, 5.74) is 6.95. The second-order valence-electron chi connectivity index (χ2n) is 7.66. The van der Waals surface area contributed by atoms with Gasteiger partial charge in [-0.3, -0.25) is 0 Å². The van der Waals surface area contributed by atoms with E-state index in [0.717, 1.165) is 36.6 Å². The summed E-state index contributed by atoms with van der Waals surface area (Å²) in [6.45, 7) is 3.59. The molecule has 1 saturated heterocycles. The molecule has 0 amide bonds. The summed E-state index contributed by atoms with van der Waals surface area (Å²) in [6, 6.07) is 11.5. The minimum Gasteiger partial charge on any atom is -0.491 e. The lowest BCUT2D eigenvalue weighted by molar-refractivity contribution is 0.0855. The Morgan fingerprint density at radius 3 is 2.54 bits per heavy atom. The minimum atomic E-state index is -2.55. The maximum absolute atomic E-state index is 12.9. The van der Waals surface area contributed by atoms with Crippen molar-refractivity contribution in [2.24, 2.45) is 11.7 Å². The summed E-state index contributed by atoms with van der Waals surface area (Å²) in [7, 11) is 0. The topological polar surface area (TPSA) is 60.6 Å². The minimum absolute atomic E-state index is 0.00909. The molecule has 0 radical (unpaired) electrons. The van der Waals surface area contributed by atoms with E-state index in [1.807, 2.05) is 37.3 Å². The first-order valence-electron chi connectivity index (χ1n) is 9.64. The Morgan fingerprint density at radius 1 is 1.21 bits per heavy atom.